The monoisotopic (exact) mass is 600 g/mol. The summed E-state index contributed by atoms with van der Waals surface area (Å²) in [6, 6.07) is 0. The molecule has 0 amide bonds. The predicted molar refractivity (Wildman–Crippen MR) is 131 cm³/mol. The summed E-state index contributed by atoms with van der Waals surface area (Å²) in [5.41, 5.74) is 12.2. The van der Waals surface area contributed by atoms with Crippen molar-refractivity contribution in [2.24, 2.45) is 0 Å². The molecule has 21 heteroatoms. The average molecular weight is 600 g/mol. The predicted octanol–water partition coefficient (Wildman–Crippen LogP) is -0.843. The van der Waals surface area contributed by atoms with E-state index in [4.69, 9.17) is 30.0 Å². The molecule has 0 aromatic carbocycles. The fraction of sp³-hybridized carbons (Fsp3) is 0.500. The Bertz CT molecular complexity index is 1630. The zero-order valence-electron chi connectivity index (χ0n) is 20.7. The summed E-state index contributed by atoms with van der Waals surface area (Å²) in [7, 11) is -5.13. The van der Waals surface area contributed by atoms with Crippen LogP contribution >= 0.6 is 7.82 Å². The lowest BCUT2D eigenvalue weighted by atomic mass is 10.1. The number of nitrogen functional groups attached to an aromatic ring is 2. The number of ether oxygens (including phenoxy) is 2. The molecule has 2 saturated heterocycles. The Balaban J connectivity index is 1.18. The van der Waals surface area contributed by atoms with Gasteiger partial charge in [-0.1, -0.05) is 0 Å². The highest BCUT2D eigenvalue weighted by Crippen LogP contribution is 2.50. The van der Waals surface area contributed by atoms with Crippen LogP contribution in [0.3, 0.4) is 0 Å². The third kappa shape index (κ3) is 4.77. The smallest absolute Gasteiger partial charge is 0.394 e. The van der Waals surface area contributed by atoms with Gasteiger partial charge in [0.1, 0.15) is 48.1 Å². The number of rotatable bonds is 8. The first-order valence-corrected chi connectivity index (χ1v) is 13.5. The second-order valence-corrected chi connectivity index (χ2v) is 10.6. The zero-order valence-corrected chi connectivity index (χ0v) is 21.6. The number of aliphatic hydroxyl groups excluding tert-OH is 2. The van der Waals surface area contributed by atoms with Crippen LogP contribution in [0, 0.1) is 0 Å². The molecule has 2 unspecified atom stereocenters. The van der Waals surface area contributed by atoms with E-state index in [1.165, 1.54) is 21.8 Å². The first-order valence-electron chi connectivity index (χ1n) is 12.0. The molecule has 2 fully saturated rings. The fourth-order valence-electron chi connectivity index (χ4n) is 4.72. The minimum atomic E-state index is -5.13. The second-order valence-electron chi connectivity index (χ2n) is 9.19. The van der Waals surface area contributed by atoms with Gasteiger partial charge in [0.2, 0.25) is 0 Å². The van der Waals surface area contributed by atoms with Crippen LogP contribution in [-0.4, -0.2) is 104 Å². The first kappa shape index (κ1) is 27.7. The van der Waals surface area contributed by atoms with Gasteiger partial charge in [0.15, 0.2) is 47.7 Å². The Labute approximate surface area is 227 Å². The van der Waals surface area contributed by atoms with Gasteiger partial charge in [0, 0.05) is 0 Å². The molecule has 6 heterocycles. The minimum absolute atomic E-state index is 0.0216. The fourth-order valence-corrected chi connectivity index (χ4v) is 5.64. The summed E-state index contributed by atoms with van der Waals surface area (Å²) in [6.45, 7) is -1.65. The van der Waals surface area contributed by atoms with E-state index in [2.05, 4.69) is 29.9 Å². The highest BCUT2D eigenvalue weighted by molar-refractivity contribution is 7.47. The number of phosphoric acid groups is 1. The van der Waals surface area contributed by atoms with Gasteiger partial charge in [0.25, 0.3) is 0 Å². The van der Waals surface area contributed by atoms with E-state index in [1.807, 2.05) is 0 Å². The standard InChI is InChI=1S/C20H23F2N10O8P/c21-9-8(39-19(13(9)34)31-5-29-11-15(23)25-3-27-17(11)31)2-37-41(35,36)40-14-10(22)7(1-33)38-20(14)32-6-30-12-16(24)26-4-28-18(12)32/h3-10,13-14,19-20,33-34H,1-2H2,(H,35,36)(H2,23,25,27)(H2,24,26,28)/t7-,8-,9+,10+,13?,14+,19-,20-/m1/s1. The zero-order chi connectivity index (χ0) is 29.1. The molecule has 18 nitrogen and oxygen atoms in total. The Kier molecular flexibility index (Phi) is 7.02. The van der Waals surface area contributed by atoms with E-state index < -0.39 is 70.3 Å². The van der Waals surface area contributed by atoms with E-state index in [0.717, 1.165) is 12.7 Å². The molecule has 0 spiro atoms. The van der Waals surface area contributed by atoms with Gasteiger partial charge in [-0.05, 0) is 0 Å². The van der Waals surface area contributed by atoms with Crippen molar-refractivity contribution in [1.29, 1.82) is 0 Å². The highest BCUT2D eigenvalue weighted by atomic mass is 31.2. The van der Waals surface area contributed by atoms with Crippen LogP contribution in [0.25, 0.3) is 22.3 Å². The number of nitrogens with zero attached hydrogens (tertiary/aromatic N) is 8. The van der Waals surface area contributed by atoms with E-state index in [-0.39, 0.29) is 34.0 Å². The summed E-state index contributed by atoms with van der Waals surface area (Å²) in [5.74, 6) is 0.0769. The molecule has 2 aliphatic heterocycles. The van der Waals surface area contributed by atoms with Crippen LogP contribution in [0.1, 0.15) is 12.5 Å². The Morgan fingerprint density at radius 2 is 1.46 bits per heavy atom. The van der Waals surface area contributed by atoms with Gasteiger partial charge in [-0.25, -0.2) is 43.2 Å². The van der Waals surface area contributed by atoms with Gasteiger partial charge in [-0.3, -0.25) is 18.2 Å². The van der Waals surface area contributed by atoms with E-state index >= 15 is 4.39 Å². The lowest BCUT2D eigenvalue weighted by Crippen LogP contribution is -2.33. The van der Waals surface area contributed by atoms with Crippen LogP contribution in [0.15, 0.2) is 25.3 Å². The lowest BCUT2D eigenvalue weighted by Gasteiger charge is -2.24. The number of aromatic nitrogens is 8. The van der Waals surface area contributed by atoms with Gasteiger partial charge in [-0.2, -0.15) is 0 Å². The summed E-state index contributed by atoms with van der Waals surface area (Å²) < 4.78 is 66.6. The number of fused-ring (bicyclic) bond motifs is 2. The van der Waals surface area contributed by atoms with Crippen molar-refractivity contribution >= 4 is 41.8 Å². The van der Waals surface area contributed by atoms with Crippen molar-refractivity contribution < 1.29 is 47.0 Å². The van der Waals surface area contributed by atoms with E-state index in [0.29, 0.717) is 0 Å². The van der Waals surface area contributed by atoms with Crippen LogP contribution < -0.4 is 11.5 Å². The molecule has 0 radical (unpaired) electrons. The van der Waals surface area contributed by atoms with Crippen LogP contribution in [0.5, 0.6) is 0 Å². The third-order valence-electron chi connectivity index (χ3n) is 6.71. The molecule has 0 saturated carbocycles. The van der Waals surface area contributed by atoms with Gasteiger partial charge >= 0.3 is 7.82 Å². The normalized spacial score (nSPS) is 31.7. The first-order chi connectivity index (χ1) is 19.6. The third-order valence-corrected chi connectivity index (χ3v) is 7.70. The molecular weight excluding hydrogens is 577 g/mol. The number of hydrogen-bond acceptors (Lipinski definition) is 15. The number of alkyl halides is 2. The summed E-state index contributed by atoms with van der Waals surface area (Å²) >= 11 is 0. The SMILES string of the molecule is Nc1ncnc2c1ncn2[C@@H]1O[C@H](COP(=O)(O)O[C@H]2[C@@H](F)[C@@H](CO)O[C@H]2n2cnc3c(N)ncnc32)[C@H](F)C1O. The van der Waals surface area contributed by atoms with Crippen molar-refractivity contribution in [3.63, 3.8) is 0 Å². The molecule has 4 aromatic heterocycles. The minimum Gasteiger partial charge on any atom is -0.394 e. The number of hydrogen-bond donors (Lipinski definition) is 5. The lowest BCUT2D eigenvalue weighted by molar-refractivity contribution is -0.0599. The number of halogens is 2. The Morgan fingerprint density at radius 3 is 2.05 bits per heavy atom. The Morgan fingerprint density at radius 1 is 0.902 bits per heavy atom. The number of phosphoric ester groups is 1. The maximum Gasteiger partial charge on any atom is 0.472 e. The van der Waals surface area contributed by atoms with Gasteiger partial charge < -0.3 is 36.0 Å². The topological polar surface area (TPSA) is 254 Å². The molecule has 4 aromatic rings. The van der Waals surface area contributed by atoms with Gasteiger partial charge in [-0.15, -0.1) is 0 Å². The van der Waals surface area contributed by atoms with Crippen molar-refractivity contribution in [2.45, 2.75) is 49.2 Å². The molecule has 41 heavy (non-hydrogen) atoms. The van der Waals surface area contributed by atoms with Crippen molar-refractivity contribution in [1.82, 2.24) is 39.0 Å². The molecule has 0 bridgehead atoms. The Hall–Kier alpha value is -3.49. The molecule has 7 N–H and O–H groups in total. The maximum atomic E-state index is 15.2. The van der Waals surface area contributed by atoms with Crippen molar-refractivity contribution in [3.8, 4) is 0 Å². The average Bonchev–Trinajstić information content (AvgIpc) is 3.70. The van der Waals surface area contributed by atoms with Gasteiger partial charge in [0.05, 0.1) is 25.9 Å². The number of imidazole rings is 2. The van der Waals surface area contributed by atoms with Crippen molar-refractivity contribution in [3.05, 3.63) is 25.3 Å². The van der Waals surface area contributed by atoms with Crippen LogP contribution in [-0.2, 0) is 23.1 Å². The molecular formula is C20H23F2N10O8P. The summed E-state index contributed by atoms with van der Waals surface area (Å²) in [6.07, 6.45) is -8.79. The van der Waals surface area contributed by atoms with E-state index in [9.17, 15) is 24.1 Å². The number of nitrogens with two attached hydrogens (primary N) is 2. The molecule has 0 aliphatic carbocycles. The summed E-state index contributed by atoms with van der Waals surface area (Å²) in [4.78, 5) is 34.2. The molecule has 9 atom stereocenters. The number of aliphatic hydroxyl groups is 2. The quantitative estimate of drug-likeness (QED) is 0.154. The molecule has 220 valence electrons. The largest absolute Gasteiger partial charge is 0.472 e. The number of anilines is 2. The van der Waals surface area contributed by atoms with Crippen molar-refractivity contribution in [2.75, 3.05) is 24.7 Å². The summed E-state index contributed by atoms with van der Waals surface area (Å²) in [5, 5.41) is 20.0. The van der Waals surface area contributed by atoms with Crippen LogP contribution in [0.4, 0.5) is 20.4 Å². The second kappa shape index (κ2) is 10.4. The highest BCUT2D eigenvalue weighted by Gasteiger charge is 2.51. The maximum absolute atomic E-state index is 15.2. The molecule has 6 rings (SSSR count). The molecule has 2 aliphatic rings. The van der Waals surface area contributed by atoms with Crippen LogP contribution in [0.2, 0.25) is 0 Å². The van der Waals surface area contributed by atoms with E-state index in [1.54, 1.807) is 0 Å².